The van der Waals surface area contributed by atoms with E-state index in [2.05, 4.69) is 10.1 Å². The van der Waals surface area contributed by atoms with Gasteiger partial charge in [0.15, 0.2) is 0 Å². The molecule has 0 N–H and O–H groups in total. The van der Waals surface area contributed by atoms with Crippen LogP contribution in [-0.2, 0) is 9.59 Å². The van der Waals surface area contributed by atoms with Crippen molar-refractivity contribution >= 4 is 11.8 Å². The summed E-state index contributed by atoms with van der Waals surface area (Å²) in [4.78, 5) is 32.5. The zero-order chi connectivity index (χ0) is 17.3. The first kappa shape index (κ1) is 16.9. The Morgan fingerprint density at radius 3 is 2.33 bits per heavy atom. The molecule has 2 aliphatic rings. The van der Waals surface area contributed by atoms with Gasteiger partial charge in [-0.2, -0.15) is 5.10 Å². The van der Waals surface area contributed by atoms with Crippen LogP contribution < -0.4 is 0 Å². The van der Waals surface area contributed by atoms with Crippen molar-refractivity contribution < 1.29 is 9.59 Å². The van der Waals surface area contributed by atoms with E-state index in [0.717, 1.165) is 50.4 Å². The van der Waals surface area contributed by atoms with Crippen LogP contribution >= 0.6 is 0 Å². The standard InChI is InChI=1S/C17H27N5O2/c1-12-18-13(2)22(19-12)16-5-4-8-21(11-16)17(24)15-6-9-20(10-7-15)14(3)23/h15-16H,4-11H2,1-3H3. The van der Waals surface area contributed by atoms with Crippen LogP contribution in [0.3, 0.4) is 0 Å². The van der Waals surface area contributed by atoms with E-state index in [1.165, 1.54) is 0 Å². The van der Waals surface area contributed by atoms with E-state index >= 15 is 0 Å². The number of carbonyl (C=O) groups is 2. The van der Waals surface area contributed by atoms with Crippen molar-refractivity contribution in [2.75, 3.05) is 26.2 Å². The summed E-state index contributed by atoms with van der Waals surface area (Å²) in [5, 5.41) is 4.49. The molecule has 3 heterocycles. The molecule has 1 aromatic heterocycles. The Balaban J connectivity index is 1.61. The fraction of sp³-hybridized carbons (Fsp3) is 0.765. The van der Waals surface area contributed by atoms with Crippen molar-refractivity contribution in [2.45, 2.75) is 52.5 Å². The number of hydrogen-bond acceptors (Lipinski definition) is 4. The maximum Gasteiger partial charge on any atom is 0.225 e. The van der Waals surface area contributed by atoms with E-state index in [4.69, 9.17) is 0 Å². The molecule has 132 valence electrons. The van der Waals surface area contributed by atoms with Crippen LogP contribution in [0.1, 0.15) is 50.3 Å². The summed E-state index contributed by atoms with van der Waals surface area (Å²) in [6, 6.07) is 0.223. The van der Waals surface area contributed by atoms with Crippen LogP contribution in [-0.4, -0.2) is 62.6 Å². The zero-order valence-electron chi connectivity index (χ0n) is 14.9. The third-order valence-electron chi connectivity index (χ3n) is 5.25. The lowest BCUT2D eigenvalue weighted by Crippen LogP contribution is -2.47. The second-order valence-electron chi connectivity index (χ2n) is 7.01. The third kappa shape index (κ3) is 3.44. The highest BCUT2D eigenvalue weighted by Gasteiger charge is 2.32. The smallest absolute Gasteiger partial charge is 0.225 e. The van der Waals surface area contributed by atoms with Crippen molar-refractivity contribution in [2.24, 2.45) is 5.92 Å². The van der Waals surface area contributed by atoms with Gasteiger partial charge in [-0.05, 0) is 39.5 Å². The highest BCUT2D eigenvalue weighted by molar-refractivity contribution is 5.80. The molecule has 2 amide bonds. The number of hydrogen-bond donors (Lipinski definition) is 0. The van der Waals surface area contributed by atoms with E-state index in [1.807, 2.05) is 28.3 Å². The van der Waals surface area contributed by atoms with Gasteiger partial charge in [0.25, 0.3) is 0 Å². The van der Waals surface area contributed by atoms with E-state index in [9.17, 15) is 9.59 Å². The first-order valence-corrected chi connectivity index (χ1v) is 8.89. The molecule has 7 heteroatoms. The fourth-order valence-corrected chi connectivity index (χ4v) is 3.94. The summed E-state index contributed by atoms with van der Waals surface area (Å²) in [7, 11) is 0. The molecule has 0 bridgehead atoms. The first-order chi connectivity index (χ1) is 11.5. The summed E-state index contributed by atoms with van der Waals surface area (Å²) in [5.74, 6) is 2.11. The maximum absolute atomic E-state index is 12.9. The SMILES string of the molecule is CC(=O)N1CCC(C(=O)N2CCCC(n3nc(C)nc3C)C2)CC1. The monoisotopic (exact) mass is 333 g/mol. The summed E-state index contributed by atoms with van der Waals surface area (Å²) in [6.07, 6.45) is 3.60. The molecule has 0 radical (unpaired) electrons. The molecule has 1 unspecified atom stereocenters. The molecule has 1 atom stereocenters. The van der Waals surface area contributed by atoms with Crippen molar-refractivity contribution in [3.8, 4) is 0 Å². The van der Waals surface area contributed by atoms with Crippen molar-refractivity contribution in [3.63, 3.8) is 0 Å². The van der Waals surface area contributed by atoms with E-state index in [-0.39, 0.29) is 23.8 Å². The van der Waals surface area contributed by atoms with Crippen LogP contribution in [0.25, 0.3) is 0 Å². The molecule has 0 saturated carbocycles. The number of likely N-dealkylation sites (tertiary alicyclic amines) is 2. The number of rotatable bonds is 2. The Kier molecular flexibility index (Phi) is 4.87. The summed E-state index contributed by atoms with van der Waals surface area (Å²) >= 11 is 0. The Morgan fingerprint density at radius 2 is 1.75 bits per heavy atom. The van der Waals surface area contributed by atoms with Crippen LogP contribution in [0.4, 0.5) is 0 Å². The lowest BCUT2D eigenvalue weighted by molar-refractivity contribution is -0.141. The van der Waals surface area contributed by atoms with Crippen LogP contribution in [0.2, 0.25) is 0 Å². The first-order valence-electron chi connectivity index (χ1n) is 8.89. The Morgan fingerprint density at radius 1 is 1.04 bits per heavy atom. The minimum Gasteiger partial charge on any atom is -0.343 e. The van der Waals surface area contributed by atoms with E-state index < -0.39 is 0 Å². The normalized spacial score (nSPS) is 22.7. The van der Waals surface area contributed by atoms with E-state index in [1.54, 1.807) is 6.92 Å². The second-order valence-corrected chi connectivity index (χ2v) is 7.01. The molecule has 2 saturated heterocycles. The lowest BCUT2D eigenvalue weighted by Gasteiger charge is -2.37. The Hall–Kier alpha value is -1.92. The van der Waals surface area contributed by atoms with Gasteiger partial charge in [0.05, 0.1) is 6.04 Å². The molecule has 1 aromatic rings. The molecule has 0 aromatic carbocycles. The third-order valence-corrected chi connectivity index (χ3v) is 5.25. The van der Waals surface area contributed by atoms with Gasteiger partial charge in [0, 0.05) is 39.0 Å². The second kappa shape index (κ2) is 6.91. The minimum atomic E-state index is 0.0536. The average Bonchev–Trinajstić information content (AvgIpc) is 2.93. The molecule has 24 heavy (non-hydrogen) atoms. The molecule has 0 spiro atoms. The number of nitrogens with zero attached hydrogens (tertiary/aromatic N) is 5. The van der Waals surface area contributed by atoms with Crippen LogP contribution in [0, 0.1) is 19.8 Å². The zero-order valence-corrected chi connectivity index (χ0v) is 14.9. The largest absolute Gasteiger partial charge is 0.343 e. The summed E-state index contributed by atoms with van der Waals surface area (Å²) < 4.78 is 1.98. The number of carbonyl (C=O) groups excluding carboxylic acids is 2. The number of piperidine rings is 2. The van der Waals surface area contributed by atoms with Crippen LogP contribution in [0.15, 0.2) is 0 Å². The summed E-state index contributed by atoms with van der Waals surface area (Å²) in [5.41, 5.74) is 0. The van der Waals surface area contributed by atoms with Gasteiger partial charge in [-0.15, -0.1) is 0 Å². The minimum absolute atomic E-state index is 0.0536. The van der Waals surface area contributed by atoms with Gasteiger partial charge < -0.3 is 9.80 Å². The van der Waals surface area contributed by atoms with E-state index in [0.29, 0.717) is 13.1 Å². The molecule has 7 nitrogen and oxygen atoms in total. The molecular formula is C17H27N5O2. The summed E-state index contributed by atoms with van der Waals surface area (Å²) in [6.45, 7) is 8.41. The molecule has 2 fully saturated rings. The molecule has 0 aliphatic carbocycles. The topological polar surface area (TPSA) is 71.3 Å². The fourth-order valence-electron chi connectivity index (χ4n) is 3.94. The molecule has 2 aliphatic heterocycles. The van der Waals surface area contributed by atoms with Crippen molar-refractivity contribution in [3.05, 3.63) is 11.6 Å². The lowest BCUT2D eigenvalue weighted by atomic mass is 9.93. The predicted molar refractivity (Wildman–Crippen MR) is 89.3 cm³/mol. The van der Waals surface area contributed by atoms with Gasteiger partial charge in [0.1, 0.15) is 11.6 Å². The number of amides is 2. The van der Waals surface area contributed by atoms with Gasteiger partial charge in [0.2, 0.25) is 11.8 Å². The maximum atomic E-state index is 12.9. The highest BCUT2D eigenvalue weighted by Crippen LogP contribution is 2.26. The van der Waals surface area contributed by atoms with Gasteiger partial charge >= 0.3 is 0 Å². The number of aryl methyl sites for hydroxylation is 2. The average molecular weight is 333 g/mol. The highest BCUT2D eigenvalue weighted by atomic mass is 16.2. The predicted octanol–water partition coefficient (Wildman–Crippen LogP) is 1.32. The Labute approximate surface area is 143 Å². The van der Waals surface area contributed by atoms with Gasteiger partial charge in [-0.1, -0.05) is 0 Å². The Bertz CT molecular complexity index is 618. The quantitative estimate of drug-likeness (QED) is 0.818. The molecular weight excluding hydrogens is 306 g/mol. The molecule has 3 rings (SSSR count). The van der Waals surface area contributed by atoms with Crippen molar-refractivity contribution in [1.82, 2.24) is 24.6 Å². The van der Waals surface area contributed by atoms with Crippen molar-refractivity contribution in [1.29, 1.82) is 0 Å². The van der Waals surface area contributed by atoms with Gasteiger partial charge in [-0.3, -0.25) is 9.59 Å². The number of aromatic nitrogens is 3. The van der Waals surface area contributed by atoms with Gasteiger partial charge in [-0.25, -0.2) is 9.67 Å². The van der Waals surface area contributed by atoms with Crippen LogP contribution in [0.5, 0.6) is 0 Å².